The van der Waals surface area contributed by atoms with E-state index in [0.29, 0.717) is 0 Å². The van der Waals surface area contributed by atoms with Gasteiger partial charge in [-0.3, -0.25) is 0 Å². The maximum Gasteiger partial charge on any atom is -0.172 e. The number of fused-ring (bicyclic) bond motifs is 3. The van der Waals surface area contributed by atoms with Crippen molar-refractivity contribution in [3.63, 3.8) is 0 Å². The summed E-state index contributed by atoms with van der Waals surface area (Å²) in [6.07, 6.45) is 0. The van der Waals surface area contributed by atoms with Gasteiger partial charge >= 0.3 is 124 Å². The number of hydrogen-bond acceptors (Lipinski definition) is 0. The first-order chi connectivity index (χ1) is 20.7. The molecule has 6 rings (SSSR count). The smallest absolute Gasteiger partial charge is 0.172 e. The first kappa shape index (κ1) is 34.3. The average Bonchev–Trinajstić information content (AvgIpc) is 3.66. The molecule has 0 aliphatic rings. The average molecular weight is 786 g/mol. The van der Waals surface area contributed by atoms with Crippen molar-refractivity contribution in [2.24, 2.45) is 0 Å². The normalized spacial score (nSPS) is 11.4. The minimum Gasteiger partial charge on any atom is -0.214 e. The Morgan fingerprint density at radius 2 is 0.955 bits per heavy atom. The number of halogens is 2. The fourth-order valence-electron chi connectivity index (χ4n) is 5.08. The topological polar surface area (TPSA) is 0 Å². The van der Waals surface area contributed by atoms with Gasteiger partial charge in [0.15, 0.2) is 0 Å². The van der Waals surface area contributed by atoms with Gasteiger partial charge in [0.1, 0.15) is 0 Å². The van der Waals surface area contributed by atoms with Crippen LogP contribution in [0, 0.1) is 13.8 Å². The predicted molar refractivity (Wildman–Crippen MR) is 194 cm³/mol. The minimum atomic E-state index is -2.64. The van der Waals surface area contributed by atoms with Crippen LogP contribution in [0.1, 0.15) is 74.9 Å². The van der Waals surface area contributed by atoms with Crippen molar-refractivity contribution in [3.05, 3.63) is 155 Å². The zero-order valence-corrected chi connectivity index (χ0v) is 32.4. The summed E-state index contributed by atoms with van der Waals surface area (Å²) in [7, 11) is 12.7. The third-order valence-electron chi connectivity index (χ3n) is 7.86. The molecular formula is C41H44Cl2Hf-2. The Hall–Kier alpha value is -2.58. The fraction of sp³-hybridized carbons (Fsp3) is 0.244. The van der Waals surface area contributed by atoms with Crippen LogP contribution in [0.5, 0.6) is 0 Å². The van der Waals surface area contributed by atoms with Crippen LogP contribution in [0.15, 0.2) is 121 Å². The van der Waals surface area contributed by atoms with Gasteiger partial charge in [-0.2, -0.15) is 18.2 Å². The molecule has 0 fully saturated rings. The fourth-order valence-corrected chi connectivity index (χ4v) is 11.4. The van der Waals surface area contributed by atoms with Crippen LogP contribution < -0.4 is 0 Å². The van der Waals surface area contributed by atoms with Crippen molar-refractivity contribution in [2.75, 3.05) is 0 Å². The molecule has 6 aromatic carbocycles. The van der Waals surface area contributed by atoms with E-state index in [2.05, 4.69) is 146 Å². The van der Waals surface area contributed by atoms with Crippen LogP contribution >= 0.6 is 17.2 Å². The van der Waals surface area contributed by atoms with Gasteiger partial charge in [0, 0.05) is 0 Å². The van der Waals surface area contributed by atoms with Crippen molar-refractivity contribution in [1.82, 2.24) is 0 Å². The van der Waals surface area contributed by atoms with E-state index in [0.717, 1.165) is 11.1 Å². The van der Waals surface area contributed by atoms with E-state index in [9.17, 15) is 0 Å². The predicted octanol–water partition coefficient (Wildman–Crippen LogP) is 12.5. The number of benzene rings is 4. The zero-order valence-electron chi connectivity index (χ0n) is 27.3. The minimum absolute atomic E-state index is 0.194. The van der Waals surface area contributed by atoms with Gasteiger partial charge in [-0.25, -0.2) is 12.1 Å². The second kappa shape index (κ2) is 14.7. The molecule has 6 aromatic rings. The van der Waals surface area contributed by atoms with E-state index < -0.39 is 18.6 Å². The molecule has 0 aromatic heterocycles. The number of hydrogen-bond donors (Lipinski definition) is 0. The Morgan fingerprint density at radius 3 is 1.25 bits per heavy atom. The van der Waals surface area contributed by atoms with Gasteiger partial charge in [-0.1, -0.05) is 76.9 Å². The molecule has 0 aliphatic carbocycles. The van der Waals surface area contributed by atoms with Crippen LogP contribution in [0.3, 0.4) is 0 Å². The van der Waals surface area contributed by atoms with Crippen molar-refractivity contribution in [2.45, 2.75) is 66.2 Å². The van der Waals surface area contributed by atoms with Crippen molar-refractivity contribution in [3.8, 4) is 0 Å². The summed E-state index contributed by atoms with van der Waals surface area (Å²) in [6.45, 7) is 17.8. The second-order valence-electron chi connectivity index (χ2n) is 13.6. The SMILES string of the molecule is CC(C)(C)c1ccc2[cH-]c3ccc(C(C)(C)C)cc3c2c1.Cc1ccc([C](c2ccc(C)cc2)=[Hf]([Cl])[Cl])cc1.c1cc[cH-]c1. The molecule has 0 heterocycles. The molecule has 228 valence electrons. The standard InChI is InChI=1S/C21H25.C15H14.C5H5.2ClH.Hf/c1-20(2,3)16-9-7-14-11-15-8-10-17(21(4,5)6)13-19(15)18(14)12-16;1-12-3-7-14(8-4-12)11-15-9-5-13(2)6-10-15;1-2-4-5-3-1;;;/h7-13H,1-6H3;3-10H,1-2H3;1-5H;2*1H;/q-1;;-1;;;+2/p-2. The molecular weight excluding hydrogens is 742 g/mol. The summed E-state index contributed by atoms with van der Waals surface area (Å²) < 4.78 is 1.17. The Bertz CT molecular complexity index is 1680. The number of aryl methyl sites for hydroxylation is 2. The Kier molecular flexibility index (Phi) is 11.4. The van der Waals surface area contributed by atoms with E-state index in [1.165, 1.54) is 47.1 Å². The van der Waals surface area contributed by atoms with Crippen LogP contribution in [-0.4, -0.2) is 3.26 Å². The first-order valence-corrected chi connectivity index (χ1v) is 25.9. The molecule has 0 saturated carbocycles. The van der Waals surface area contributed by atoms with Gasteiger partial charge in [0.05, 0.1) is 0 Å². The Labute approximate surface area is 279 Å². The summed E-state index contributed by atoms with van der Waals surface area (Å²) in [5.41, 5.74) is 8.02. The van der Waals surface area contributed by atoms with E-state index in [1.54, 1.807) is 0 Å². The van der Waals surface area contributed by atoms with Gasteiger partial charge in [-0.05, 0) is 10.8 Å². The van der Waals surface area contributed by atoms with E-state index in [-0.39, 0.29) is 10.8 Å². The van der Waals surface area contributed by atoms with E-state index in [4.69, 9.17) is 17.2 Å². The largest absolute Gasteiger partial charge is 0.214 e. The van der Waals surface area contributed by atoms with Crippen LogP contribution in [0.25, 0.3) is 21.5 Å². The zero-order chi connectivity index (χ0) is 32.1. The molecule has 44 heavy (non-hydrogen) atoms. The molecule has 0 radical (unpaired) electrons. The molecule has 0 atom stereocenters. The third kappa shape index (κ3) is 9.00. The monoisotopic (exact) mass is 786 g/mol. The van der Waals surface area contributed by atoms with Crippen molar-refractivity contribution >= 4 is 42.0 Å². The van der Waals surface area contributed by atoms with E-state index >= 15 is 0 Å². The first-order valence-electron chi connectivity index (χ1n) is 15.2. The van der Waals surface area contributed by atoms with Gasteiger partial charge in [-0.15, -0.1) is 39.7 Å². The summed E-state index contributed by atoms with van der Waals surface area (Å²) in [5.74, 6) is 0. The molecule has 0 N–H and O–H groups in total. The molecule has 3 heteroatoms. The molecule has 0 amide bonds. The molecule has 0 spiro atoms. The van der Waals surface area contributed by atoms with Crippen molar-refractivity contribution in [1.29, 1.82) is 0 Å². The van der Waals surface area contributed by atoms with Crippen LogP contribution in [0.4, 0.5) is 0 Å². The molecule has 0 unspecified atom stereocenters. The third-order valence-corrected chi connectivity index (χ3v) is 14.4. The van der Waals surface area contributed by atoms with Gasteiger partial charge < -0.3 is 0 Å². The van der Waals surface area contributed by atoms with Gasteiger partial charge in [0.25, 0.3) is 0 Å². The molecule has 0 saturated heterocycles. The summed E-state index contributed by atoms with van der Waals surface area (Å²) in [4.78, 5) is 0. The second-order valence-corrected chi connectivity index (χ2v) is 25.0. The summed E-state index contributed by atoms with van der Waals surface area (Å²) in [5, 5.41) is 5.49. The van der Waals surface area contributed by atoms with Crippen LogP contribution in [-0.2, 0) is 29.4 Å². The molecule has 0 bridgehead atoms. The van der Waals surface area contributed by atoms with Crippen molar-refractivity contribution < 1.29 is 18.6 Å². The summed E-state index contributed by atoms with van der Waals surface area (Å²) >= 11 is -2.64. The van der Waals surface area contributed by atoms with Crippen LogP contribution in [0.2, 0.25) is 0 Å². The molecule has 0 aliphatic heterocycles. The Morgan fingerprint density at radius 1 is 0.568 bits per heavy atom. The summed E-state index contributed by atoms with van der Waals surface area (Å²) in [6, 6.07) is 43.0. The van der Waals surface area contributed by atoms with E-state index in [1.807, 2.05) is 30.3 Å². The van der Waals surface area contributed by atoms with Gasteiger partial charge in [0.2, 0.25) is 0 Å². The quantitative estimate of drug-likeness (QED) is 0.121. The Balaban J connectivity index is 0.000000175. The number of rotatable bonds is 2. The maximum atomic E-state index is 6.33. The molecule has 0 nitrogen and oxygen atoms in total. The maximum absolute atomic E-state index is 6.33.